The van der Waals surface area contributed by atoms with Gasteiger partial charge in [0.1, 0.15) is 12.0 Å². The van der Waals surface area contributed by atoms with Crippen LogP contribution in [0.1, 0.15) is 62.2 Å². The standard InChI is InChI=1S/C26H23F5N4O4/c27-25(28)11-34(12-25)10-13-1-3-14(4-2-13)20(26(29,30)31)21-17-9-15(22(32)37)5-6-16(17)24(39)35(21)18-7-8-19(36)33-23(18)38/h1-6,9,18,20-21H,7-8,10-12H2,(H2,32,37)(H,33,36,38)/t18?,20-,21?/m1/s1. The number of nitrogens with zero attached hydrogens (tertiary/aromatic N) is 2. The third-order valence-electron chi connectivity index (χ3n) is 7.29. The first-order chi connectivity index (χ1) is 18.2. The topological polar surface area (TPSA) is 113 Å². The van der Waals surface area contributed by atoms with Gasteiger partial charge >= 0.3 is 6.18 Å². The number of piperidine rings is 1. The Hall–Kier alpha value is -3.87. The smallest absolute Gasteiger partial charge is 0.366 e. The molecule has 13 heteroatoms. The van der Waals surface area contributed by atoms with E-state index in [2.05, 4.69) is 5.32 Å². The molecule has 0 aromatic heterocycles. The van der Waals surface area contributed by atoms with Crippen LogP contribution in [0, 0.1) is 0 Å². The Kier molecular flexibility index (Phi) is 6.44. The van der Waals surface area contributed by atoms with E-state index >= 15 is 0 Å². The third kappa shape index (κ3) is 4.98. The monoisotopic (exact) mass is 550 g/mol. The molecule has 2 unspecified atom stereocenters. The summed E-state index contributed by atoms with van der Waals surface area (Å²) in [6, 6.07) is 5.69. The van der Waals surface area contributed by atoms with E-state index in [0.29, 0.717) is 5.56 Å². The highest BCUT2D eigenvalue weighted by Crippen LogP contribution is 2.52. The van der Waals surface area contributed by atoms with Gasteiger partial charge in [-0.2, -0.15) is 13.2 Å². The molecule has 2 saturated heterocycles. The second kappa shape index (κ2) is 9.40. The summed E-state index contributed by atoms with van der Waals surface area (Å²) < 4.78 is 70.8. The van der Waals surface area contributed by atoms with Crippen molar-refractivity contribution in [2.45, 2.75) is 49.5 Å². The van der Waals surface area contributed by atoms with Crippen LogP contribution in [0.25, 0.3) is 0 Å². The number of hydrogen-bond donors (Lipinski definition) is 2. The molecule has 0 bridgehead atoms. The fourth-order valence-electron chi connectivity index (χ4n) is 5.55. The average Bonchev–Trinajstić information content (AvgIpc) is 3.09. The van der Waals surface area contributed by atoms with Crippen molar-refractivity contribution in [1.82, 2.24) is 15.1 Å². The largest absolute Gasteiger partial charge is 0.398 e. The molecule has 0 radical (unpaired) electrons. The second-order valence-electron chi connectivity index (χ2n) is 10.1. The Morgan fingerprint density at radius 2 is 1.74 bits per heavy atom. The average molecular weight is 550 g/mol. The summed E-state index contributed by atoms with van der Waals surface area (Å²) in [5.41, 5.74) is 5.31. The van der Waals surface area contributed by atoms with Gasteiger partial charge in [0.05, 0.1) is 19.1 Å². The summed E-state index contributed by atoms with van der Waals surface area (Å²) in [6.07, 6.45) is -5.26. The maximum Gasteiger partial charge on any atom is 0.398 e. The summed E-state index contributed by atoms with van der Waals surface area (Å²) in [4.78, 5) is 52.0. The highest BCUT2D eigenvalue weighted by molar-refractivity contribution is 6.06. The number of amides is 4. The Bertz CT molecular complexity index is 1350. The van der Waals surface area contributed by atoms with Gasteiger partial charge in [0, 0.05) is 24.1 Å². The Labute approximate surface area is 218 Å². The Morgan fingerprint density at radius 3 is 2.31 bits per heavy atom. The van der Waals surface area contributed by atoms with E-state index in [9.17, 15) is 41.1 Å². The molecule has 4 amide bonds. The van der Waals surface area contributed by atoms with Crippen molar-refractivity contribution >= 4 is 23.6 Å². The number of halogens is 5. The minimum atomic E-state index is -4.92. The number of fused-ring (bicyclic) bond motifs is 1. The van der Waals surface area contributed by atoms with Gasteiger partial charge in [0.25, 0.3) is 11.8 Å². The highest BCUT2D eigenvalue weighted by atomic mass is 19.4. The normalized spacial score (nSPS) is 23.7. The van der Waals surface area contributed by atoms with Gasteiger partial charge in [-0.05, 0) is 41.3 Å². The molecule has 5 rings (SSSR count). The number of carbonyl (C=O) groups excluding carboxylic acids is 4. The second-order valence-corrected chi connectivity index (χ2v) is 10.1. The summed E-state index contributed by atoms with van der Waals surface area (Å²) in [5.74, 6) is -8.35. The molecular weight excluding hydrogens is 527 g/mol. The lowest BCUT2D eigenvalue weighted by Gasteiger charge is -2.39. The number of benzene rings is 2. The van der Waals surface area contributed by atoms with Crippen LogP contribution in [-0.4, -0.2) is 64.7 Å². The first-order valence-corrected chi connectivity index (χ1v) is 12.1. The van der Waals surface area contributed by atoms with Gasteiger partial charge in [-0.1, -0.05) is 24.3 Å². The number of nitrogens with two attached hydrogens (primary N) is 1. The summed E-state index contributed by atoms with van der Waals surface area (Å²) >= 11 is 0. The van der Waals surface area contributed by atoms with Crippen LogP contribution in [0.3, 0.4) is 0 Å². The zero-order valence-corrected chi connectivity index (χ0v) is 20.3. The molecule has 8 nitrogen and oxygen atoms in total. The number of rotatable bonds is 6. The number of alkyl halides is 5. The van der Waals surface area contributed by atoms with Crippen molar-refractivity contribution in [3.8, 4) is 0 Å². The van der Waals surface area contributed by atoms with E-state index < -0.39 is 66.8 Å². The lowest BCUT2D eigenvalue weighted by atomic mass is 9.84. The predicted molar refractivity (Wildman–Crippen MR) is 126 cm³/mol. The number of primary amides is 1. The summed E-state index contributed by atoms with van der Waals surface area (Å²) in [5, 5.41) is 2.08. The van der Waals surface area contributed by atoms with E-state index in [0.717, 1.165) is 11.0 Å². The van der Waals surface area contributed by atoms with Crippen molar-refractivity contribution in [1.29, 1.82) is 0 Å². The maximum atomic E-state index is 14.8. The van der Waals surface area contributed by atoms with E-state index in [1.54, 1.807) is 0 Å². The maximum absolute atomic E-state index is 14.8. The van der Waals surface area contributed by atoms with Crippen molar-refractivity contribution in [2.75, 3.05) is 13.1 Å². The Morgan fingerprint density at radius 1 is 1.08 bits per heavy atom. The van der Waals surface area contributed by atoms with Crippen LogP contribution in [0.4, 0.5) is 22.0 Å². The number of nitrogens with one attached hydrogen (secondary N) is 1. The fourth-order valence-corrected chi connectivity index (χ4v) is 5.55. The third-order valence-corrected chi connectivity index (χ3v) is 7.29. The number of likely N-dealkylation sites (tertiary alicyclic amines) is 1. The fraction of sp³-hybridized carbons (Fsp3) is 0.385. The van der Waals surface area contributed by atoms with Gasteiger partial charge in [-0.15, -0.1) is 0 Å². The quantitative estimate of drug-likeness (QED) is 0.425. The molecule has 206 valence electrons. The summed E-state index contributed by atoms with van der Waals surface area (Å²) in [7, 11) is 0. The first kappa shape index (κ1) is 26.7. The Balaban J connectivity index is 1.56. The molecule has 2 aromatic carbocycles. The highest BCUT2D eigenvalue weighted by Gasteiger charge is 2.56. The van der Waals surface area contributed by atoms with Crippen molar-refractivity contribution in [3.05, 3.63) is 70.3 Å². The van der Waals surface area contributed by atoms with Crippen LogP contribution < -0.4 is 11.1 Å². The van der Waals surface area contributed by atoms with Crippen LogP contribution in [0.2, 0.25) is 0 Å². The molecule has 3 aliphatic rings. The first-order valence-electron chi connectivity index (χ1n) is 12.1. The van der Waals surface area contributed by atoms with Gasteiger partial charge in [-0.3, -0.25) is 29.4 Å². The molecule has 2 fully saturated rings. The van der Waals surface area contributed by atoms with Gasteiger partial charge in [0.2, 0.25) is 17.7 Å². The van der Waals surface area contributed by atoms with Crippen LogP contribution in [0.5, 0.6) is 0 Å². The molecule has 3 atom stereocenters. The molecule has 3 N–H and O–H groups in total. The van der Waals surface area contributed by atoms with Crippen LogP contribution >= 0.6 is 0 Å². The van der Waals surface area contributed by atoms with Gasteiger partial charge < -0.3 is 10.6 Å². The van der Waals surface area contributed by atoms with Crippen molar-refractivity contribution < 1.29 is 41.1 Å². The molecule has 3 heterocycles. The van der Waals surface area contributed by atoms with Crippen LogP contribution in [-0.2, 0) is 16.1 Å². The number of hydrogen-bond acceptors (Lipinski definition) is 5. The predicted octanol–water partition coefficient (Wildman–Crippen LogP) is 2.88. The SMILES string of the molecule is NC(=O)c1ccc2c(c1)C([C@@H](c1ccc(CN3CC(F)(F)C3)cc1)C(F)(F)F)N(C1CCC(=O)NC1=O)C2=O. The van der Waals surface area contributed by atoms with Crippen molar-refractivity contribution in [2.24, 2.45) is 5.73 Å². The minimum Gasteiger partial charge on any atom is -0.366 e. The van der Waals surface area contributed by atoms with E-state index in [-0.39, 0.29) is 41.6 Å². The summed E-state index contributed by atoms with van der Waals surface area (Å²) in [6.45, 7) is -0.754. The zero-order valence-electron chi connectivity index (χ0n) is 20.3. The minimum absolute atomic E-state index is 0.112. The van der Waals surface area contributed by atoms with Gasteiger partial charge in [-0.25, -0.2) is 8.78 Å². The van der Waals surface area contributed by atoms with E-state index in [1.165, 1.54) is 41.3 Å². The van der Waals surface area contributed by atoms with E-state index in [4.69, 9.17) is 5.73 Å². The molecule has 0 saturated carbocycles. The zero-order chi connectivity index (χ0) is 28.3. The lowest BCUT2D eigenvalue weighted by molar-refractivity contribution is -0.167. The molecule has 2 aromatic rings. The molecular formula is C26H23F5N4O4. The van der Waals surface area contributed by atoms with E-state index in [1.807, 2.05) is 0 Å². The number of imide groups is 1. The number of carbonyl (C=O) groups is 4. The lowest BCUT2D eigenvalue weighted by Crippen LogP contribution is -2.55. The molecule has 0 aliphatic carbocycles. The van der Waals surface area contributed by atoms with Crippen molar-refractivity contribution in [3.63, 3.8) is 0 Å². The molecule has 39 heavy (non-hydrogen) atoms. The van der Waals surface area contributed by atoms with Gasteiger partial charge in [0.15, 0.2) is 0 Å². The molecule has 3 aliphatic heterocycles. The molecule has 0 spiro atoms. The van der Waals surface area contributed by atoms with Crippen LogP contribution in [0.15, 0.2) is 42.5 Å².